The summed E-state index contributed by atoms with van der Waals surface area (Å²) >= 11 is 1.30. The lowest BCUT2D eigenvalue weighted by atomic mass is 10.3. The first-order valence-corrected chi connectivity index (χ1v) is 5.80. The van der Waals surface area contributed by atoms with Crippen molar-refractivity contribution in [2.75, 3.05) is 18.3 Å². The van der Waals surface area contributed by atoms with Crippen molar-refractivity contribution in [2.24, 2.45) is 5.10 Å². The lowest BCUT2D eigenvalue weighted by molar-refractivity contribution is -0.336. The molecule has 2 N–H and O–H groups in total. The molecular weight excluding hydrogens is 269 g/mol. The molecule has 0 spiro atoms. The number of halogens is 3. The van der Waals surface area contributed by atoms with Crippen LogP contribution in [0.5, 0.6) is 0 Å². The number of aromatic nitrogens is 1. The molecule has 1 aromatic heterocycles. The average molecular weight is 278 g/mol. The van der Waals surface area contributed by atoms with Gasteiger partial charge in [-0.15, -0.1) is 13.2 Å². The Morgan fingerprint density at radius 3 is 2.89 bits per heavy atom. The number of nitrogen functional groups attached to an aromatic ring is 1. The Bertz CT molecular complexity index is 465. The predicted octanol–water partition coefficient (Wildman–Crippen LogP) is 1.83. The van der Waals surface area contributed by atoms with Gasteiger partial charge in [-0.2, -0.15) is 5.10 Å². The molecule has 1 aromatic rings. The Kier molecular flexibility index (Phi) is 3.62. The van der Waals surface area contributed by atoms with E-state index in [1.807, 2.05) is 0 Å². The highest BCUT2D eigenvalue weighted by Gasteiger charge is 2.31. The van der Waals surface area contributed by atoms with Crippen LogP contribution in [0, 0.1) is 0 Å². The fraction of sp³-hybridized carbons (Fsp3) is 0.333. The summed E-state index contributed by atoms with van der Waals surface area (Å²) in [6, 6.07) is 1.66. The fourth-order valence-electron chi connectivity index (χ4n) is 1.25. The van der Waals surface area contributed by atoms with Crippen molar-refractivity contribution in [3.05, 3.63) is 24.0 Å². The van der Waals surface area contributed by atoms with Crippen LogP contribution in [0.3, 0.4) is 0 Å². The third kappa shape index (κ3) is 3.50. The molecule has 0 atom stereocenters. The molecule has 0 aliphatic carbocycles. The van der Waals surface area contributed by atoms with Crippen molar-refractivity contribution in [1.29, 1.82) is 0 Å². The Labute approximate surface area is 105 Å². The van der Waals surface area contributed by atoms with Crippen molar-refractivity contribution in [3.8, 4) is 0 Å². The van der Waals surface area contributed by atoms with Gasteiger partial charge in [0.15, 0.2) is 0 Å². The van der Waals surface area contributed by atoms with Gasteiger partial charge in [-0.3, -0.25) is 14.7 Å². The maximum atomic E-state index is 11.9. The van der Waals surface area contributed by atoms with Gasteiger partial charge in [-0.1, -0.05) is 11.8 Å². The second-order valence-electron chi connectivity index (χ2n) is 3.41. The average Bonchev–Trinajstić information content (AvgIpc) is 2.74. The van der Waals surface area contributed by atoms with Gasteiger partial charge in [0.2, 0.25) is 0 Å². The summed E-state index contributed by atoms with van der Waals surface area (Å²) in [7, 11) is 0. The molecule has 0 radical (unpaired) electrons. The van der Waals surface area contributed by atoms with E-state index in [9.17, 15) is 13.2 Å². The largest absolute Gasteiger partial charge is 0.524 e. The zero-order valence-corrected chi connectivity index (χ0v) is 9.83. The number of rotatable bonds is 3. The predicted molar refractivity (Wildman–Crippen MR) is 61.5 cm³/mol. The van der Waals surface area contributed by atoms with E-state index in [2.05, 4.69) is 14.8 Å². The molecule has 0 saturated carbocycles. The van der Waals surface area contributed by atoms with E-state index in [-0.39, 0.29) is 0 Å². The smallest absolute Gasteiger partial charge is 0.397 e. The summed E-state index contributed by atoms with van der Waals surface area (Å²) in [5.41, 5.74) is 6.71. The topological polar surface area (TPSA) is 63.7 Å². The highest BCUT2D eigenvalue weighted by Crippen LogP contribution is 2.24. The van der Waals surface area contributed by atoms with Gasteiger partial charge in [0.1, 0.15) is 11.8 Å². The van der Waals surface area contributed by atoms with Gasteiger partial charge in [0.25, 0.3) is 0 Å². The van der Waals surface area contributed by atoms with Crippen molar-refractivity contribution in [3.63, 3.8) is 0 Å². The normalized spacial score (nSPS) is 15.9. The van der Waals surface area contributed by atoms with Crippen LogP contribution in [0.15, 0.2) is 23.6 Å². The third-order valence-electron chi connectivity index (χ3n) is 1.97. The molecule has 1 aliphatic heterocycles. The monoisotopic (exact) mass is 278 g/mol. The number of thioether (sulfide) groups is 1. The minimum atomic E-state index is -4.65. The Hall–Kier alpha value is -1.48. The molecule has 98 valence electrons. The first-order chi connectivity index (χ1) is 8.44. The van der Waals surface area contributed by atoms with Crippen LogP contribution < -0.4 is 5.73 Å². The first-order valence-electron chi connectivity index (χ1n) is 4.82. The van der Waals surface area contributed by atoms with Crippen molar-refractivity contribution in [2.45, 2.75) is 6.36 Å². The zero-order chi connectivity index (χ0) is 13.2. The summed E-state index contributed by atoms with van der Waals surface area (Å²) in [5.74, 6) is 0.292. The summed E-state index contributed by atoms with van der Waals surface area (Å²) in [6.45, 7) is -0.629. The van der Waals surface area contributed by atoms with Crippen LogP contribution in [0.1, 0.15) is 5.56 Å². The molecule has 0 fully saturated rings. The molecule has 18 heavy (non-hydrogen) atoms. The number of hydrazone groups is 1. The summed E-state index contributed by atoms with van der Waals surface area (Å²) in [5, 5.41) is 5.74. The Morgan fingerprint density at radius 1 is 1.44 bits per heavy atom. The van der Waals surface area contributed by atoms with Crippen LogP contribution in [0.4, 0.5) is 18.9 Å². The van der Waals surface area contributed by atoms with E-state index in [0.717, 1.165) is 0 Å². The van der Waals surface area contributed by atoms with Crippen LogP contribution in [0.2, 0.25) is 0 Å². The van der Waals surface area contributed by atoms with Crippen molar-refractivity contribution < 1.29 is 17.9 Å². The van der Waals surface area contributed by atoms with Gasteiger partial charge in [-0.25, -0.2) is 0 Å². The van der Waals surface area contributed by atoms with Crippen molar-refractivity contribution in [1.82, 2.24) is 9.99 Å². The standard InChI is InChI=1S/C9H9F3N4OS/c10-9(11,12)17-4-16-5-18-8(15-16)6-1-7(13)3-14-2-6/h1-3H,4-5,13H2. The van der Waals surface area contributed by atoms with Crippen LogP contribution in [-0.4, -0.2) is 34.0 Å². The maximum absolute atomic E-state index is 11.9. The highest BCUT2D eigenvalue weighted by atomic mass is 32.2. The molecular formula is C9H9F3N4OS. The first kappa shape index (κ1) is 13.0. The fourth-order valence-corrected chi connectivity index (χ4v) is 2.11. The minimum Gasteiger partial charge on any atom is -0.397 e. The second-order valence-corrected chi connectivity index (χ2v) is 4.34. The molecule has 0 bridgehead atoms. The van der Waals surface area contributed by atoms with E-state index in [1.165, 1.54) is 23.0 Å². The molecule has 0 saturated heterocycles. The van der Waals surface area contributed by atoms with Gasteiger partial charge in [0, 0.05) is 18.0 Å². The molecule has 0 amide bonds. The zero-order valence-electron chi connectivity index (χ0n) is 9.02. The molecule has 5 nitrogen and oxygen atoms in total. The van der Waals surface area contributed by atoms with Gasteiger partial charge < -0.3 is 5.73 Å². The highest BCUT2D eigenvalue weighted by molar-refractivity contribution is 8.14. The molecule has 0 aromatic carbocycles. The van der Waals surface area contributed by atoms with E-state index in [4.69, 9.17) is 5.73 Å². The van der Waals surface area contributed by atoms with E-state index in [0.29, 0.717) is 22.2 Å². The lowest BCUT2D eigenvalue weighted by Gasteiger charge is -2.13. The number of hydrogen-bond donors (Lipinski definition) is 1. The number of pyridine rings is 1. The Morgan fingerprint density at radius 2 is 2.22 bits per heavy atom. The SMILES string of the molecule is Nc1cncc(C2=NN(COC(F)(F)F)CS2)c1. The minimum absolute atomic E-state index is 0.292. The number of hydrogen-bond acceptors (Lipinski definition) is 6. The maximum Gasteiger partial charge on any atom is 0.524 e. The quantitative estimate of drug-likeness (QED) is 0.913. The number of ether oxygens (including phenoxy) is 1. The third-order valence-corrected chi connectivity index (χ3v) is 2.98. The van der Waals surface area contributed by atoms with E-state index in [1.54, 1.807) is 12.3 Å². The molecule has 1 aliphatic rings. The van der Waals surface area contributed by atoms with Crippen molar-refractivity contribution >= 4 is 22.5 Å². The lowest BCUT2D eigenvalue weighted by Crippen LogP contribution is -2.24. The summed E-state index contributed by atoms with van der Waals surface area (Å²) < 4.78 is 39.2. The number of anilines is 1. The number of alkyl halides is 3. The van der Waals surface area contributed by atoms with Crippen LogP contribution in [-0.2, 0) is 4.74 Å². The van der Waals surface area contributed by atoms with Gasteiger partial charge in [-0.05, 0) is 6.07 Å². The van der Waals surface area contributed by atoms with E-state index >= 15 is 0 Å². The van der Waals surface area contributed by atoms with E-state index < -0.39 is 13.1 Å². The van der Waals surface area contributed by atoms with Gasteiger partial charge >= 0.3 is 6.36 Å². The summed E-state index contributed by atoms with van der Waals surface area (Å²) in [6.07, 6.45) is -1.62. The van der Waals surface area contributed by atoms with Crippen LogP contribution in [0.25, 0.3) is 0 Å². The molecule has 9 heteroatoms. The molecule has 2 heterocycles. The Balaban J connectivity index is 2.00. The summed E-state index contributed by atoms with van der Waals surface area (Å²) in [4.78, 5) is 3.89. The second kappa shape index (κ2) is 5.02. The molecule has 0 unspecified atom stereocenters. The number of nitrogens with two attached hydrogens (primary N) is 1. The van der Waals surface area contributed by atoms with Gasteiger partial charge in [0.05, 0.1) is 11.6 Å². The van der Waals surface area contributed by atoms with Crippen LogP contribution >= 0.6 is 11.8 Å². The number of nitrogens with zero attached hydrogens (tertiary/aromatic N) is 3. The molecule has 2 rings (SSSR count).